The van der Waals surface area contributed by atoms with Crippen molar-refractivity contribution in [1.82, 2.24) is 0 Å². The van der Waals surface area contributed by atoms with Crippen molar-refractivity contribution in [3.05, 3.63) is 0 Å². The van der Waals surface area contributed by atoms with Gasteiger partial charge in [0.05, 0.1) is 0 Å². The summed E-state index contributed by atoms with van der Waals surface area (Å²) in [6.07, 6.45) is 10.4. The second-order valence-corrected chi connectivity index (χ2v) is 6.15. The van der Waals surface area contributed by atoms with Crippen molar-refractivity contribution < 1.29 is 4.79 Å². The minimum Gasteiger partial charge on any atom is -0.328 e. The van der Waals surface area contributed by atoms with Gasteiger partial charge >= 0.3 is 0 Å². The van der Waals surface area contributed by atoms with Crippen molar-refractivity contribution in [2.75, 3.05) is 0 Å². The zero-order valence-corrected chi connectivity index (χ0v) is 11.2. The van der Waals surface area contributed by atoms with Crippen LogP contribution in [0.3, 0.4) is 0 Å². The number of hydrogen-bond donors (Lipinski definition) is 1. The Balaban J connectivity index is 1.83. The average Bonchev–Trinajstić information content (AvgIpc) is 2.38. The predicted octanol–water partition coefficient (Wildman–Crippen LogP) is 3.29. The maximum Gasteiger partial charge on any atom is 0.139 e. The van der Waals surface area contributed by atoms with Gasteiger partial charge in [-0.3, -0.25) is 4.79 Å². The third-order valence-electron chi connectivity index (χ3n) is 4.94. The molecular weight excluding hydrogens is 210 g/mol. The van der Waals surface area contributed by atoms with E-state index in [9.17, 15) is 4.79 Å². The summed E-state index contributed by atoms with van der Waals surface area (Å²) in [5, 5.41) is 0. The molecule has 2 fully saturated rings. The lowest BCUT2D eigenvalue weighted by molar-refractivity contribution is -0.129. The monoisotopic (exact) mass is 237 g/mol. The number of rotatable bonds is 3. The van der Waals surface area contributed by atoms with Gasteiger partial charge in [0, 0.05) is 17.9 Å². The molecule has 0 aliphatic heterocycles. The molecule has 2 saturated carbocycles. The van der Waals surface area contributed by atoms with Crippen LogP contribution in [0, 0.1) is 17.8 Å². The highest BCUT2D eigenvalue weighted by Gasteiger charge is 2.32. The Morgan fingerprint density at radius 3 is 2.35 bits per heavy atom. The second kappa shape index (κ2) is 5.99. The van der Waals surface area contributed by atoms with Crippen molar-refractivity contribution in [2.45, 2.75) is 70.8 Å². The summed E-state index contributed by atoms with van der Waals surface area (Å²) in [5.74, 6) is 2.09. The predicted molar refractivity (Wildman–Crippen MR) is 70.7 cm³/mol. The van der Waals surface area contributed by atoms with Gasteiger partial charge in [0.2, 0.25) is 0 Å². The molecule has 98 valence electrons. The van der Waals surface area contributed by atoms with Crippen molar-refractivity contribution in [1.29, 1.82) is 0 Å². The van der Waals surface area contributed by atoms with E-state index in [1.165, 1.54) is 19.3 Å². The molecule has 2 aliphatic carbocycles. The lowest BCUT2D eigenvalue weighted by Crippen LogP contribution is -2.35. The van der Waals surface area contributed by atoms with Crippen LogP contribution in [0.15, 0.2) is 0 Å². The number of carbonyl (C=O) groups is 1. The Morgan fingerprint density at radius 2 is 1.76 bits per heavy atom. The van der Waals surface area contributed by atoms with Gasteiger partial charge in [0.15, 0.2) is 0 Å². The second-order valence-electron chi connectivity index (χ2n) is 6.15. The summed E-state index contributed by atoms with van der Waals surface area (Å²) >= 11 is 0. The van der Waals surface area contributed by atoms with E-state index in [2.05, 4.69) is 6.92 Å². The third-order valence-corrected chi connectivity index (χ3v) is 4.94. The molecule has 2 atom stereocenters. The van der Waals surface area contributed by atoms with E-state index in [0.29, 0.717) is 17.6 Å². The molecule has 0 radical (unpaired) electrons. The quantitative estimate of drug-likeness (QED) is 0.818. The van der Waals surface area contributed by atoms with Crippen LogP contribution in [0.2, 0.25) is 0 Å². The highest BCUT2D eigenvalue weighted by molar-refractivity contribution is 5.83. The van der Waals surface area contributed by atoms with Crippen molar-refractivity contribution in [3.8, 4) is 0 Å². The van der Waals surface area contributed by atoms with Crippen LogP contribution in [0.1, 0.15) is 64.7 Å². The number of ketones is 1. The molecule has 0 amide bonds. The van der Waals surface area contributed by atoms with E-state index < -0.39 is 0 Å². The Hall–Kier alpha value is -0.370. The van der Waals surface area contributed by atoms with E-state index >= 15 is 0 Å². The fraction of sp³-hybridized carbons (Fsp3) is 0.933. The van der Waals surface area contributed by atoms with Gasteiger partial charge in [-0.05, 0) is 50.9 Å². The first-order valence-electron chi connectivity index (χ1n) is 7.50. The highest BCUT2D eigenvalue weighted by Crippen LogP contribution is 2.35. The summed E-state index contributed by atoms with van der Waals surface area (Å²) in [4.78, 5) is 12.4. The van der Waals surface area contributed by atoms with Crippen molar-refractivity contribution in [3.63, 3.8) is 0 Å². The van der Waals surface area contributed by atoms with E-state index in [1.54, 1.807) is 0 Å². The van der Waals surface area contributed by atoms with Gasteiger partial charge < -0.3 is 5.73 Å². The highest BCUT2D eigenvalue weighted by atomic mass is 16.1. The third kappa shape index (κ3) is 3.31. The molecule has 2 heteroatoms. The molecular formula is C15H27NO. The number of carbonyl (C=O) groups excluding carboxylic acids is 1. The molecule has 17 heavy (non-hydrogen) atoms. The molecule has 0 aromatic carbocycles. The minimum atomic E-state index is 0.282. The molecule has 0 saturated heterocycles. The molecule has 0 bridgehead atoms. The van der Waals surface area contributed by atoms with Crippen LogP contribution < -0.4 is 5.73 Å². The zero-order valence-electron chi connectivity index (χ0n) is 11.2. The maximum atomic E-state index is 12.4. The summed E-state index contributed by atoms with van der Waals surface area (Å²) in [6.45, 7) is 2.27. The van der Waals surface area contributed by atoms with Gasteiger partial charge in [0.25, 0.3) is 0 Å². The molecule has 2 N–H and O–H groups in total. The number of Topliss-reactive ketones (excluding diaryl/α,β-unsaturated/α-hetero) is 1. The molecule has 2 rings (SSSR count). The first-order valence-corrected chi connectivity index (χ1v) is 7.50. The molecule has 0 spiro atoms. The van der Waals surface area contributed by atoms with Crippen LogP contribution in [0.5, 0.6) is 0 Å². The van der Waals surface area contributed by atoms with Crippen LogP contribution >= 0.6 is 0 Å². The Kier molecular flexibility index (Phi) is 4.61. The van der Waals surface area contributed by atoms with Crippen LogP contribution in [0.25, 0.3) is 0 Å². The van der Waals surface area contributed by atoms with Gasteiger partial charge in [-0.2, -0.15) is 0 Å². The molecule has 2 aliphatic rings. The Bertz CT molecular complexity index is 256. The Morgan fingerprint density at radius 1 is 1.06 bits per heavy atom. The Labute approximate surface area is 105 Å². The fourth-order valence-corrected chi connectivity index (χ4v) is 3.67. The number of nitrogens with two attached hydrogens (primary N) is 1. The molecule has 0 aromatic heterocycles. The standard InChI is InChI=1S/C15H27NO/c1-2-11-6-8-12(9-7-11)15(17)13-4-3-5-14(16)10-13/h11-14H,2-10,16H2,1H3. The van der Waals surface area contributed by atoms with Gasteiger partial charge in [-0.1, -0.05) is 19.8 Å². The van der Waals surface area contributed by atoms with Gasteiger partial charge in [-0.15, -0.1) is 0 Å². The van der Waals surface area contributed by atoms with Crippen LogP contribution in [-0.2, 0) is 4.79 Å². The van der Waals surface area contributed by atoms with Crippen LogP contribution in [0.4, 0.5) is 0 Å². The first-order chi connectivity index (χ1) is 8.20. The first kappa shape index (κ1) is 13.1. The molecule has 2 nitrogen and oxygen atoms in total. The summed E-state index contributed by atoms with van der Waals surface area (Å²) in [7, 11) is 0. The fourth-order valence-electron chi connectivity index (χ4n) is 3.67. The smallest absolute Gasteiger partial charge is 0.139 e. The lowest BCUT2D eigenvalue weighted by atomic mass is 9.73. The minimum absolute atomic E-state index is 0.282. The normalized spacial score (nSPS) is 38.9. The van der Waals surface area contributed by atoms with E-state index in [-0.39, 0.29) is 6.04 Å². The maximum absolute atomic E-state index is 12.4. The molecule has 0 aromatic rings. The topological polar surface area (TPSA) is 43.1 Å². The largest absolute Gasteiger partial charge is 0.328 e. The zero-order chi connectivity index (χ0) is 12.3. The van der Waals surface area contributed by atoms with E-state index in [0.717, 1.165) is 44.4 Å². The van der Waals surface area contributed by atoms with Crippen molar-refractivity contribution >= 4 is 5.78 Å². The summed E-state index contributed by atoms with van der Waals surface area (Å²) in [6, 6.07) is 0.282. The van der Waals surface area contributed by atoms with Crippen LogP contribution in [-0.4, -0.2) is 11.8 Å². The SMILES string of the molecule is CCC1CCC(C(=O)C2CCCC(N)C2)CC1. The molecule has 2 unspecified atom stereocenters. The van der Waals surface area contributed by atoms with Crippen molar-refractivity contribution in [2.24, 2.45) is 23.5 Å². The summed E-state index contributed by atoms with van der Waals surface area (Å²) < 4.78 is 0. The lowest BCUT2D eigenvalue weighted by Gasteiger charge is -2.32. The van der Waals surface area contributed by atoms with E-state index in [4.69, 9.17) is 5.73 Å². The molecule has 0 heterocycles. The van der Waals surface area contributed by atoms with Gasteiger partial charge in [0.1, 0.15) is 5.78 Å². The average molecular weight is 237 g/mol. The number of hydrogen-bond acceptors (Lipinski definition) is 2. The van der Waals surface area contributed by atoms with E-state index in [1.807, 2.05) is 0 Å². The van der Waals surface area contributed by atoms with Gasteiger partial charge in [-0.25, -0.2) is 0 Å². The summed E-state index contributed by atoms with van der Waals surface area (Å²) in [5.41, 5.74) is 5.98.